The highest BCUT2D eigenvalue weighted by Gasteiger charge is 1.88. The molecule has 0 saturated heterocycles. The number of hydrogen-bond donors (Lipinski definition) is 1. The second kappa shape index (κ2) is 4.19. The Morgan fingerprint density at radius 2 is 2.22 bits per heavy atom. The molecule has 0 fully saturated rings. The van der Waals surface area contributed by atoms with Crippen LogP contribution in [0.4, 0.5) is 0 Å². The van der Waals surface area contributed by atoms with E-state index < -0.39 is 0 Å². The Morgan fingerprint density at radius 1 is 1.67 bits per heavy atom. The molecule has 0 unspecified atom stereocenters. The van der Waals surface area contributed by atoms with Gasteiger partial charge in [0.1, 0.15) is 5.76 Å². The van der Waals surface area contributed by atoms with Crippen LogP contribution in [0.25, 0.3) is 0 Å². The van der Waals surface area contributed by atoms with E-state index in [4.69, 9.17) is 5.11 Å². The fraction of sp³-hybridized carbons (Fsp3) is 0.500. The zero-order valence-corrected chi connectivity index (χ0v) is 6.15. The summed E-state index contributed by atoms with van der Waals surface area (Å²) in [4.78, 5) is 0. The molecule has 1 N–H and O–H groups in total. The van der Waals surface area contributed by atoms with E-state index in [1.165, 1.54) is 0 Å². The Morgan fingerprint density at radius 3 is 2.56 bits per heavy atom. The van der Waals surface area contributed by atoms with Gasteiger partial charge in [0.05, 0.1) is 0 Å². The van der Waals surface area contributed by atoms with Crippen molar-refractivity contribution in [2.24, 2.45) is 0 Å². The third-order valence-corrected chi connectivity index (χ3v) is 1.06. The second-order valence-corrected chi connectivity index (χ2v) is 2.16. The average molecular weight is 126 g/mol. The van der Waals surface area contributed by atoms with Crippen molar-refractivity contribution in [3.63, 3.8) is 0 Å². The molecule has 0 atom stereocenters. The molecule has 0 heterocycles. The molecule has 0 aromatic rings. The number of hydrogen-bond acceptors (Lipinski definition) is 1. The summed E-state index contributed by atoms with van der Waals surface area (Å²) in [6.45, 7) is 7.45. The number of aliphatic hydroxyl groups excluding tert-OH is 1. The summed E-state index contributed by atoms with van der Waals surface area (Å²) in [5, 5.41) is 9.02. The van der Waals surface area contributed by atoms with Gasteiger partial charge in [-0.05, 0) is 25.0 Å². The molecule has 0 radical (unpaired) electrons. The van der Waals surface area contributed by atoms with Gasteiger partial charge in [-0.1, -0.05) is 19.9 Å². The quantitative estimate of drug-likeness (QED) is 0.455. The molecule has 0 spiro atoms. The van der Waals surface area contributed by atoms with Crippen LogP contribution in [0.2, 0.25) is 0 Å². The highest BCUT2D eigenvalue weighted by molar-refractivity contribution is 5.18. The first-order valence-corrected chi connectivity index (χ1v) is 3.23. The van der Waals surface area contributed by atoms with Gasteiger partial charge in [0.15, 0.2) is 0 Å². The van der Waals surface area contributed by atoms with Crippen molar-refractivity contribution in [2.75, 3.05) is 0 Å². The molecule has 0 rings (SSSR count). The minimum absolute atomic E-state index is 0.330. The molecular weight excluding hydrogens is 112 g/mol. The van der Waals surface area contributed by atoms with Crippen LogP contribution >= 0.6 is 0 Å². The molecule has 9 heavy (non-hydrogen) atoms. The van der Waals surface area contributed by atoms with Gasteiger partial charge in [-0.2, -0.15) is 0 Å². The monoisotopic (exact) mass is 126 g/mol. The summed E-state index contributed by atoms with van der Waals surface area (Å²) >= 11 is 0. The molecule has 0 aromatic carbocycles. The van der Waals surface area contributed by atoms with Crippen LogP contribution < -0.4 is 0 Å². The maximum Gasteiger partial charge on any atom is 0.113 e. The molecule has 0 amide bonds. The van der Waals surface area contributed by atoms with Crippen LogP contribution in [0.3, 0.4) is 0 Å². The van der Waals surface area contributed by atoms with E-state index in [-0.39, 0.29) is 0 Å². The topological polar surface area (TPSA) is 20.2 Å². The van der Waals surface area contributed by atoms with E-state index >= 15 is 0 Å². The molecule has 0 bridgehead atoms. The van der Waals surface area contributed by atoms with Crippen LogP contribution in [-0.2, 0) is 0 Å². The molecule has 0 aliphatic rings. The van der Waals surface area contributed by atoms with Crippen molar-refractivity contribution in [1.29, 1.82) is 0 Å². The molecular formula is C8H14O. The van der Waals surface area contributed by atoms with Gasteiger partial charge >= 0.3 is 0 Å². The summed E-state index contributed by atoms with van der Waals surface area (Å²) in [5.74, 6) is 0.330. The minimum atomic E-state index is 0.330. The third-order valence-electron chi connectivity index (χ3n) is 1.06. The Labute approximate surface area is 56.7 Å². The van der Waals surface area contributed by atoms with Gasteiger partial charge in [0.2, 0.25) is 0 Å². The van der Waals surface area contributed by atoms with Crippen molar-refractivity contribution in [2.45, 2.75) is 26.7 Å². The van der Waals surface area contributed by atoms with Gasteiger partial charge in [0, 0.05) is 0 Å². The Hall–Kier alpha value is -0.720. The lowest BCUT2D eigenvalue weighted by molar-refractivity contribution is 0.420. The largest absolute Gasteiger partial charge is 0.508 e. The summed E-state index contributed by atoms with van der Waals surface area (Å²) in [7, 11) is 0. The standard InChI is InChI=1S/C8H14O/c1-4-5-6-8(9)7(2)3/h6,9H,2,4-5H2,1,3H3/b8-6+. The van der Waals surface area contributed by atoms with Crippen molar-refractivity contribution >= 4 is 0 Å². The average Bonchev–Trinajstić information content (AvgIpc) is 1.82. The second-order valence-electron chi connectivity index (χ2n) is 2.16. The number of unbranched alkanes of at least 4 members (excludes halogenated alkanes) is 1. The maximum absolute atomic E-state index is 9.02. The van der Waals surface area contributed by atoms with E-state index in [1.807, 2.05) is 0 Å². The van der Waals surface area contributed by atoms with Crippen molar-refractivity contribution in [3.05, 3.63) is 24.0 Å². The zero-order chi connectivity index (χ0) is 7.28. The van der Waals surface area contributed by atoms with Crippen molar-refractivity contribution in [3.8, 4) is 0 Å². The first-order chi connectivity index (χ1) is 4.18. The highest BCUT2D eigenvalue weighted by atomic mass is 16.3. The van der Waals surface area contributed by atoms with Gasteiger partial charge in [-0.25, -0.2) is 0 Å². The lowest BCUT2D eigenvalue weighted by Crippen LogP contribution is -1.79. The van der Waals surface area contributed by atoms with Crippen LogP contribution in [0.1, 0.15) is 26.7 Å². The number of aliphatic hydroxyl groups is 1. The first kappa shape index (κ1) is 8.28. The van der Waals surface area contributed by atoms with E-state index in [1.54, 1.807) is 13.0 Å². The van der Waals surface area contributed by atoms with Crippen molar-refractivity contribution < 1.29 is 5.11 Å². The SMILES string of the molecule is C=C(C)/C(O)=C\CCC. The van der Waals surface area contributed by atoms with Gasteiger partial charge in [-0.15, -0.1) is 0 Å². The Kier molecular flexibility index (Phi) is 3.85. The van der Waals surface area contributed by atoms with Crippen molar-refractivity contribution in [1.82, 2.24) is 0 Å². The van der Waals surface area contributed by atoms with Gasteiger partial charge < -0.3 is 5.11 Å². The van der Waals surface area contributed by atoms with Crippen LogP contribution in [-0.4, -0.2) is 5.11 Å². The Bertz CT molecular complexity index is 123. The fourth-order valence-corrected chi connectivity index (χ4v) is 0.455. The normalized spacial score (nSPS) is 11.6. The molecule has 0 aliphatic carbocycles. The molecule has 0 saturated carbocycles. The summed E-state index contributed by atoms with van der Waals surface area (Å²) < 4.78 is 0. The minimum Gasteiger partial charge on any atom is -0.508 e. The van der Waals surface area contributed by atoms with Crippen LogP contribution in [0, 0.1) is 0 Å². The molecule has 1 nitrogen and oxygen atoms in total. The number of allylic oxidation sites excluding steroid dienone is 2. The van der Waals surface area contributed by atoms with Crippen LogP contribution in [0.5, 0.6) is 0 Å². The molecule has 0 aliphatic heterocycles. The van der Waals surface area contributed by atoms with E-state index in [9.17, 15) is 0 Å². The lowest BCUT2D eigenvalue weighted by Gasteiger charge is -1.94. The smallest absolute Gasteiger partial charge is 0.113 e. The molecule has 52 valence electrons. The predicted molar refractivity (Wildman–Crippen MR) is 40.4 cm³/mol. The summed E-state index contributed by atoms with van der Waals surface area (Å²) in [6, 6.07) is 0. The van der Waals surface area contributed by atoms with Gasteiger partial charge in [-0.3, -0.25) is 0 Å². The van der Waals surface area contributed by atoms with E-state index in [0.717, 1.165) is 18.4 Å². The fourth-order valence-electron chi connectivity index (χ4n) is 0.455. The zero-order valence-electron chi connectivity index (χ0n) is 6.15. The number of rotatable bonds is 3. The van der Waals surface area contributed by atoms with E-state index in [0.29, 0.717) is 5.76 Å². The van der Waals surface area contributed by atoms with Crippen LogP contribution in [0.15, 0.2) is 24.0 Å². The van der Waals surface area contributed by atoms with E-state index in [2.05, 4.69) is 13.5 Å². The van der Waals surface area contributed by atoms with Gasteiger partial charge in [0.25, 0.3) is 0 Å². The lowest BCUT2D eigenvalue weighted by atomic mass is 10.2. The highest BCUT2D eigenvalue weighted by Crippen LogP contribution is 2.03. The molecule has 1 heteroatoms. The summed E-state index contributed by atoms with van der Waals surface area (Å²) in [6.07, 6.45) is 3.79. The predicted octanol–water partition coefficient (Wildman–Crippen LogP) is 2.80. The maximum atomic E-state index is 9.02. The molecule has 0 aromatic heterocycles. The third kappa shape index (κ3) is 3.83. The Balaban J connectivity index is 3.69. The summed E-state index contributed by atoms with van der Waals surface area (Å²) in [5.41, 5.74) is 0.739. The first-order valence-electron chi connectivity index (χ1n) is 3.23.